The number of rotatable bonds is 6. The van der Waals surface area contributed by atoms with Gasteiger partial charge in [-0.15, -0.1) is 0 Å². The lowest BCUT2D eigenvalue weighted by Gasteiger charge is -2.18. The Morgan fingerprint density at radius 2 is 2.17 bits per heavy atom. The molecule has 0 aliphatic heterocycles. The lowest BCUT2D eigenvalue weighted by Crippen LogP contribution is -2.38. The zero-order chi connectivity index (χ0) is 17.5. The van der Waals surface area contributed by atoms with E-state index >= 15 is 0 Å². The minimum Gasteiger partial charge on any atom is -0.444 e. The van der Waals surface area contributed by atoms with Crippen LogP contribution >= 0.6 is 23.4 Å². The van der Waals surface area contributed by atoms with Gasteiger partial charge in [0.2, 0.25) is 5.89 Å². The molecule has 0 saturated heterocycles. The Morgan fingerprint density at radius 1 is 1.38 bits per heavy atom. The molecule has 7 heteroatoms. The van der Waals surface area contributed by atoms with Crippen molar-refractivity contribution in [2.45, 2.75) is 25.6 Å². The van der Waals surface area contributed by atoms with Crippen LogP contribution in [0.1, 0.15) is 28.2 Å². The molecule has 130 valence electrons. The molecule has 1 aromatic carbocycles. The normalized spacial score (nSPS) is 13.0. The van der Waals surface area contributed by atoms with Crippen LogP contribution in [0.25, 0.3) is 0 Å². The number of benzene rings is 1. The number of hydrogen-bond donors (Lipinski definition) is 2. The molecule has 0 fully saturated rings. The minimum atomic E-state index is 0.286. The lowest BCUT2D eigenvalue weighted by molar-refractivity contribution is 0.463. The summed E-state index contributed by atoms with van der Waals surface area (Å²) in [4.78, 5) is 8.59. The van der Waals surface area contributed by atoms with Gasteiger partial charge < -0.3 is 15.1 Å². The van der Waals surface area contributed by atoms with E-state index in [-0.39, 0.29) is 5.25 Å². The van der Waals surface area contributed by atoms with Crippen molar-refractivity contribution in [1.29, 1.82) is 0 Å². The standard InChI is InChI=1S/C17H23ClN4OS/c1-11-12(2)23-16(22-11)10-21-17(19-3)20-9-15(24-4)13-6-5-7-14(18)8-13/h5-8,15H,9-10H2,1-4H3,(H2,19,20,21). The number of hydrogen-bond acceptors (Lipinski definition) is 4. The molecule has 5 nitrogen and oxygen atoms in total. The van der Waals surface area contributed by atoms with Crippen LogP contribution in [0.5, 0.6) is 0 Å². The lowest BCUT2D eigenvalue weighted by atomic mass is 10.1. The molecule has 1 unspecified atom stereocenters. The summed E-state index contributed by atoms with van der Waals surface area (Å²) in [7, 11) is 1.74. The molecule has 0 amide bonds. The van der Waals surface area contributed by atoms with Crippen molar-refractivity contribution in [3.8, 4) is 0 Å². The van der Waals surface area contributed by atoms with Gasteiger partial charge in [0.1, 0.15) is 5.76 Å². The second-order valence-electron chi connectivity index (χ2n) is 5.34. The molecule has 0 aliphatic rings. The third-order valence-corrected chi connectivity index (χ3v) is 4.91. The van der Waals surface area contributed by atoms with E-state index in [0.717, 1.165) is 23.0 Å². The summed E-state index contributed by atoms with van der Waals surface area (Å²) in [6.07, 6.45) is 2.09. The Hall–Kier alpha value is -1.66. The molecule has 2 N–H and O–H groups in total. The van der Waals surface area contributed by atoms with Gasteiger partial charge in [-0.1, -0.05) is 23.7 Å². The fourth-order valence-electron chi connectivity index (χ4n) is 2.23. The molecular weight excluding hydrogens is 344 g/mol. The second-order valence-corrected chi connectivity index (χ2v) is 6.81. The Kier molecular flexibility index (Phi) is 6.99. The number of thioether (sulfide) groups is 1. The first-order chi connectivity index (χ1) is 11.5. The summed E-state index contributed by atoms with van der Waals surface area (Å²) < 4.78 is 5.56. The number of oxazole rings is 1. The summed E-state index contributed by atoms with van der Waals surface area (Å²) in [5, 5.41) is 7.59. The van der Waals surface area contributed by atoms with Crippen LogP contribution in [-0.4, -0.2) is 30.8 Å². The third kappa shape index (κ3) is 5.18. The van der Waals surface area contributed by atoms with Gasteiger partial charge in [-0.25, -0.2) is 4.98 Å². The maximum Gasteiger partial charge on any atom is 0.214 e. The van der Waals surface area contributed by atoms with Crippen molar-refractivity contribution < 1.29 is 4.42 Å². The van der Waals surface area contributed by atoms with E-state index in [0.29, 0.717) is 18.4 Å². The fraction of sp³-hybridized carbons (Fsp3) is 0.412. The van der Waals surface area contributed by atoms with Crippen LogP contribution in [0.3, 0.4) is 0 Å². The molecule has 0 saturated carbocycles. The van der Waals surface area contributed by atoms with Crippen LogP contribution in [0, 0.1) is 13.8 Å². The number of guanidine groups is 1. The summed E-state index contributed by atoms with van der Waals surface area (Å²) >= 11 is 7.85. The van der Waals surface area contributed by atoms with Crippen LogP contribution in [0.15, 0.2) is 33.7 Å². The molecule has 0 radical (unpaired) electrons. The summed E-state index contributed by atoms with van der Waals surface area (Å²) in [5.41, 5.74) is 2.11. The van der Waals surface area contributed by atoms with Gasteiger partial charge in [-0.05, 0) is 37.8 Å². The molecule has 24 heavy (non-hydrogen) atoms. The van der Waals surface area contributed by atoms with Gasteiger partial charge in [0.25, 0.3) is 0 Å². The minimum absolute atomic E-state index is 0.286. The molecule has 2 aromatic rings. The highest BCUT2D eigenvalue weighted by Crippen LogP contribution is 2.27. The molecular formula is C17H23ClN4OS. The van der Waals surface area contributed by atoms with Gasteiger partial charge in [0.15, 0.2) is 5.96 Å². The SMILES string of the molecule is CN=C(NCc1nc(C)c(C)o1)NCC(SC)c1cccc(Cl)c1. The maximum atomic E-state index is 6.09. The van der Waals surface area contributed by atoms with E-state index in [9.17, 15) is 0 Å². The first-order valence-corrected chi connectivity index (χ1v) is 9.35. The predicted molar refractivity (Wildman–Crippen MR) is 102 cm³/mol. The third-order valence-electron chi connectivity index (χ3n) is 3.66. The quantitative estimate of drug-likeness (QED) is 0.602. The number of nitrogens with zero attached hydrogens (tertiary/aromatic N) is 2. The zero-order valence-corrected chi connectivity index (χ0v) is 16.0. The van der Waals surface area contributed by atoms with E-state index in [1.165, 1.54) is 5.56 Å². The van der Waals surface area contributed by atoms with Crippen molar-refractivity contribution in [3.05, 3.63) is 52.2 Å². The zero-order valence-electron chi connectivity index (χ0n) is 14.4. The fourth-order valence-corrected chi connectivity index (χ4v) is 3.10. The van der Waals surface area contributed by atoms with E-state index in [1.54, 1.807) is 18.8 Å². The molecule has 0 aliphatic carbocycles. The maximum absolute atomic E-state index is 6.09. The van der Waals surface area contributed by atoms with Crippen molar-refractivity contribution in [3.63, 3.8) is 0 Å². The first kappa shape index (κ1) is 18.7. The smallest absolute Gasteiger partial charge is 0.214 e. The highest BCUT2D eigenvalue weighted by molar-refractivity contribution is 7.98. The molecule has 0 bridgehead atoms. The summed E-state index contributed by atoms with van der Waals surface area (Å²) in [5.74, 6) is 2.21. The van der Waals surface area contributed by atoms with Gasteiger partial charge in [0.05, 0.1) is 12.2 Å². The molecule has 1 heterocycles. The Balaban J connectivity index is 1.90. The Morgan fingerprint density at radius 3 is 2.75 bits per heavy atom. The van der Waals surface area contributed by atoms with Crippen molar-refractivity contribution >= 4 is 29.3 Å². The summed E-state index contributed by atoms with van der Waals surface area (Å²) in [6, 6.07) is 7.94. The largest absolute Gasteiger partial charge is 0.444 e. The van der Waals surface area contributed by atoms with E-state index < -0.39 is 0 Å². The van der Waals surface area contributed by atoms with Crippen molar-refractivity contribution in [2.75, 3.05) is 19.8 Å². The van der Waals surface area contributed by atoms with E-state index in [2.05, 4.69) is 32.9 Å². The number of halogens is 1. The molecule has 1 aromatic heterocycles. The van der Waals surface area contributed by atoms with Gasteiger partial charge in [-0.2, -0.15) is 11.8 Å². The highest BCUT2D eigenvalue weighted by atomic mass is 35.5. The molecule has 1 atom stereocenters. The summed E-state index contributed by atoms with van der Waals surface area (Å²) in [6.45, 7) is 5.08. The number of aryl methyl sites for hydroxylation is 2. The van der Waals surface area contributed by atoms with Gasteiger partial charge >= 0.3 is 0 Å². The monoisotopic (exact) mass is 366 g/mol. The number of nitrogens with one attached hydrogen (secondary N) is 2. The topological polar surface area (TPSA) is 62.5 Å². The first-order valence-electron chi connectivity index (χ1n) is 7.69. The second kappa shape index (κ2) is 8.99. The molecule has 0 spiro atoms. The predicted octanol–water partition coefficient (Wildman–Crippen LogP) is 3.71. The van der Waals surface area contributed by atoms with Crippen LogP contribution in [-0.2, 0) is 6.54 Å². The number of aromatic nitrogens is 1. The Bertz CT molecular complexity index is 682. The van der Waals surface area contributed by atoms with Crippen molar-refractivity contribution in [2.24, 2.45) is 4.99 Å². The highest BCUT2D eigenvalue weighted by Gasteiger charge is 2.12. The van der Waals surface area contributed by atoms with Crippen LogP contribution in [0.4, 0.5) is 0 Å². The van der Waals surface area contributed by atoms with Gasteiger partial charge in [0, 0.05) is 23.9 Å². The van der Waals surface area contributed by atoms with Crippen LogP contribution < -0.4 is 10.6 Å². The van der Waals surface area contributed by atoms with E-state index in [4.69, 9.17) is 16.0 Å². The van der Waals surface area contributed by atoms with E-state index in [1.807, 2.05) is 32.0 Å². The van der Waals surface area contributed by atoms with Crippen LogP contribution in [0.2, 0.25) is 5.02 Å². The van der Waals surface area contributed by atoms with Crippen molar-refractivity contribution in [1.82, 2.24) is 15.6 Å². The average molecular weight is 367 g/mol. The average Bonchev–Trinajstić information content (AvgIpc) is 2.89. The molecule has 2 rings (SSSR count). The number of aliphatic imine (C=N–C) groups is 1. The van der Waals surface area contributed by atoms with Gasteiger partial charge in [-0.3, -0.25) is 4.99 Å². The Labute approximate surface area is 152 Å².